The van der Waals surface area contributed by atoms with Gasteiger partial charge in [0.05, 0.1) is 38.2 Å². The second-order valence-corrected chi connectivity index (χ2v) is 6.80. The standard InChI is InChI=1S/C19H19N5O5S/c1-27-14-5-3-4-13(17(14)29-9-8-24-7-6-20-12-24)11-21-23-19-22-18(26)15(30-19)10-16(25)28-2/h3-7,10-12H,8-9H2,1-2H3,(H,22,23,26)/b15-10+,21-11?. The number of para-hydroxylation sites is 1. The molecule has 2 aromatic rings. The van der Waals surface area contributed by atoms with Crippen LogP contribution in [0.2, 0.25) is 0 Å². The highest BCUT2D eigenvalue weighted by atomic mass is 32.2. The molecular weight excluding hydrogens is 410 g/mol. The van der Waals surface area contributed by atoms with Crippen LogP contribution in [0.15, 0.2) is 58.1 Å². The van der Waals surface area contributed by atoms with Crippen molar-refractivity contribution in [3.05, 3.63) is 53.5 Å². The second kappa shape index (κ2) is 10.3. The number of rotatable bonds is 8. The van der Waals surface area contributed by atoms with Crippen LogP contribution in [0, 0.1) is 0 Å². The third-order valence-corrected chi connectivity index (χ3v) is 4.73. The van der Waals surface area contributed by atoms with Crippen LogP contribution >= 0.6 is 11.8 Å². The van der Waals surface area contributed by atoms with Crippen LogP contribution in [0.25, 0.3) is 0 Å². The molecular formula is C19H19N5O5S. The lowest BCUT2D eigenvalue weighted by atomic mass is 10.2. The molecule has 10 nitrogen and oxygen atoms in total. The molecule has 0 atom stereocenters. The molecule has 1 aliphatic heterocycles. The van der Waals surface area contributed by atoms with E-state index in [-0.39, 0.29) is 10.1 Å². The van der Waals surface area contributed by atoms with Gasteiger partial charge in [0.1, 0.15) is 6.61 Å². The van der Waals surface area contributed by atoms with Crippen LogP contribution in [0.5, 0.6) is 11.5 Å². The van der Waals surface area contributed by atoms with Crippen molar-refractivity contribution >= 4 is 35.0 Å². The highest BCUT2D eigenvalue weighted by molar-refractivity contribution is 8.18. The first kappa shape index (κ1) is 21.1. The molecule has 30 heavy (non-hydrogen) atoms. The summed E-state index contributed by atoms with van der Waals surface area (Å²) in [5, 5.41) is 10.8. The van der Waals surface area contributed by atoms with E-state index in [0.29, 0.717) is 30.2 Å². The number of carbonyl (C=O) groups excluding carboxylic acids is 2. The van der Waals surface area contributed by atoms with Crippen molar-refractivity contribution in [2.24, 2.45) is 10.2 Å². The van der Waals surface area contributed by atoms with E-state index >= 15 is 0 Å². The van der Waals surface area contributed by atoms with E-state index in [1.807, 2.05) is 16.8 Å². The smallest absolute Gasteiger partial charge is 0.331 e. The Kier molecular flexibility index (Phi) is 7.22. The predicted octanol–water partition coefficient (Wildman–Crippen LogP) is 1.58. The third-order valence-electron chi connectivity index (χ3n) is 3.83. The maximum atomic E-state index is 11.8. The number of amides is 1. The van der Waals surface area contributed by atoms with Crippen molar-refractivity contribution in [1.29, 1.82) is 0 Å². The molecule has 0 bridgehead atoms. The molecule has 1 aliphatic rings. The van der Waals surface area contributed by atoms with E-state index in [4.69, 9.17) is 9.47 Å². The van der Waals surface area contributed by atoms with E-state index in [9.17, 15) is 9.59 Å². The minimum atomic E-state index is -0.619. The fourth-order valence-corrected chi connectivity index (χ4v) is 3.15. The largest absolute Gasteiger partial charge is 0.493 e. The number of thioether (sulfide) groups is 1. The molecule has 0 unspecified atom stereocenters. The van der Waals surface area contributed by atoms with E-state index in [1.54, 1.807) is 31.8 Å². The van der Waals surface area contributed by atoms with Gasteiger partial charge in [-0.15, -0.1) is 5.10 Å². The van der Waals surface area contributed by atoms with Gasteiger partial charge in [0.15, 0.2) is 16.7 Å². The summed E-state index contributed by atoms with van der Waals surface area (Å²) < 4.78 is 17.7. The van der Waals surface area contributed by atoms with E-state index < -0.39 is 11.9 Å². The molecule has 3 rings (SSSR count). The van der Waals surface area contributed by atoms with Crippen molar-refractivity contribution < 1.29 is 23.8 Å². The number of nitrogens with zero attached hydrogens (tertiary/aromatic N) is 4. The molecule has 1 amide bonds. The van der Waals surface area contributed by atoms with Crippen LogP contribution in [0.3, 0.4) is 0 Å². The number of aromatic nitrogens is 2. The Labute approximate surface area is 176 Å². The van der Waals surface area contributed by atoms with Crippen molar-refractivity contribution in [1.82, 2.24) is 14.9 Å². The van der Waals surface area contributed by atoms with E-state index in [1.165, 1.54) is 13.3 Å². The normalized spacial score (nSPS) is 16.3. The number of ether oxygens (including phenoxy) is 3. The SMILES string of the molecule is COC(=O)/C=C1/S/C(=N\N=Cc2cccc(OC)c2OCCn2ccnc2)NC1=O. The first-order valence-corrected chi connectivity index (χ1v) is 9.57. The zero-order valence-corrected chi connectivity index (χ0v) is 17.1. The molecule has 11 heteroatoms. The van der Waals surface area contributed by atoms with Crippen LogP contribution in [-0.2, 0) is 20.9 Å². The number of imidazole rings is 1. The zero-order valence-electron chi connectivity index (χ0n) is 16.3. The van der Waals surface area contributed by atoms with Gasteiger partial charge in [0.2, 0.25) is 0 Å². The summed E-state index contributed by atoms with van der Waals surface area (Å²) in [6.45, 7) is 1.02. The fourth-order valence-electron chi connectivity index (χ4n) is 2.41. The minimum absolute atomic E-state index is 0.181. The monoisotopic (exact) mass is 429 g/mol. The Morgan fingerprint density at radius 3 is 2.97 bits per heavy atom. The second-order valence-electron chi connectivity index (χ2n) is 5.77. The van der Waals surface area contributed by atoms with Crippen molar-refractivity contribution in [3.63, 3.8) is 0 Å². The van der Waals surface area contributed by atoms with Crippen LogP contribution in [0.4, 0.5) is 0 Å². The summed E-state index contributed by atoms with van der Waals surface area (Å²) >= 11 is 0.993. The summed E-state index contributed by atoms with van der Waals surface area (Å²) in [7, 11) is 2.79. The van der Waals surface area contributed by atoms with Gasteiger partial charge in [-0.05, 0) is 23.9 Å². The average molecular weight is 429 g/mol. The number of carbonyl (C=O) groups is 2. The number of amidine groups is 1. The molecule has 0 saturated carbocycles. The Bertz CT molecular complexity index is 1000. The number of methoxy groups -OCH3 is 2. The topological polar surface area (TPSA) is 116 Å². The summed E-state index contributed by atoms with van der Waals surface area (Å²) in [4.78, 5) is 27.3. The summed E-state index contributed by atoms with van der Waals surface area (Å²) in [6.07, 6.45) is 7.85. The quantitative estimate of drug-likeness (QED) is 0.293. The number of hydrogen-bond donors (Lipinski definition) is 1. The van der Waals surface area contributed by atoms with Crippen LogP contribution in [-0.4, -0.2) is 53.6 Å². The van der Waals surface area contributed by atoms with Crippen molar-refractivity contribution in [2.45, 2.75) is 6.54 Å². The van der Waals surface area contributed by atoms with Gasteiger partial charge < -0.3 is 18.8 Å². The Hall–Kier alpha value is -3.60. The number of esters is 1. The first-order chi connectivity index (χ1) is 14.6. The van der Waals surface area contributed by atoms with Crippen molar-refractivity contribution in [2.75, 3.05) is 20.8 Å². The van der Waals surface area contributed by atoms with Gasteiger partial charge in [-0.3, -0.25) is 10.1 Å². The lowest BCUT2D eigenvalue weighted by molar-refractivity contribution is -0.135. The Morgan fingerprint density at radius 1 is 1.37 bits per heavy atom. The molecule has 0 aliphatic carbocycles. The molecule has 1 fully saturated rings. The summed E-state index contributed by atoms with van der Waals surface area (Å²) in [5.41, 5.74) is 0.656. The molecule has 1 aromatic carbocycles. The molecule has 2 heterocycles. The maximum absolute atomic E-state index is 11.8. The van der Waals surface area contributed by atoms with Crippen LogP contribution in [0.1, 0.15) is 5.56 Å². The Balaban J connectivity index is 1.70. The highest BCUT2D eigenvalue weighted by Gasteiger charge is 2.25. The molecule has 1 saturated heterocycles. The molecule has 1 N–H and O–H groups in total. The van der Waals surface area contributed by atoms with Gasteiger partial charge in [0, 0.05) is 24.0 Å². The molecule has 0 spiro atoms. The van der Waals surface area contributed by atoms with Gasteiger partial charge >= 0.3 is 5.97 Å². The maximum Gasteiger partial charge on any atom is 0.331 e. The lowest BCUT2D eigenvalue weighted by Crippen LogP contribution is -2.19. The molecule has 1 aromatic heterocycles. The lowest BCUT2D eigenvalue weighted by Gasteiger charge is -2.13. The van der Waals surface area contributed by atoms with Crippen LogP contribution < -0.4 is 14.8 Å². The van der Waals surface area contributed by atoms with E-state index in [0.717, 1.165) is 17.8 Å². The number of nitrogens with one attached hydrogen (secondary N) is 1. The molecule has 156 valence electrons. The number of hydrogen-bond acceptors (Lipinski definition) is 9. The van der Waals surface area contributed by atoms with Gasteiger partial charge in [-0.1, -0.05) is 6.07 Å². The Morgan fingerprint density at radius 2 is 2.23 bits per heavy atom. The zero-order chi connectivity index (χ0) is 21.3. The molecule has 0 radical (unpaired) electrons. The number of benzene rings is 1. The summed E-state index contributed by atoms with van der Waals surface area (Å²) in [5.74, 6) is 0.0260. The highest BCUT2D eigenvalue weighted by Crippen LogP contribution is 2.30. The first-order valence-electron chi connectivity index (χ1n) is 8.76. The van der Waals surface area contributed by atoms with E-state index in [2.05, 4.69) is 25.2 Å². The average Bonchev–Trinajstić information content (AvgIpc) is 3.38. The fraction of sp³-hybridized carbons (Fsp3) is 0.211. The van der Waals surface area contributed by atoms with Gasteiger partial charge in [-0.25, -0.2) is 9.78 Å². The van der Waals surface area contributed by atoms with Gasteiger partial charge in [0.25, 0.3) is 5.91 Å². The summed E-state index contributed by atoms with van der Waals surface area (Å²) in [6, 6.07) is 5.40. The minimum Gasteiger partial charge on any atom is -0.493 e. The van der Waals surface area contributed by atoms with Crippen molar-refractivity contribution in [3.8, 4) is 11.5 Å². The third kappa shape index (κ3) is 5.47. The van der Waals surface area contributed by atoms with Gasteiger partial charge in [-0.2, -0.15) is 5.10 Å². The predicted molar refractivity (Wildman–Crippen MR) is 112 cm³/mol.